The second-order valence-corrected chi connectivity index (χ2v) is 5.89. The van der Waals surface area contributed by atoms with Gasteiger partial charge in [-0.1, -0.05) is 22.9 Å². The number of aliphatic hydroxyl groups is 1. The number of rotatable bonds is 5. The van der Waals surface area contributed by atoms with E-state index in [0.717, 1.165) is 35.4 Å². The van der Waals surface area contributed by atoms with E-state index in [1.54, 1.807) is 7.11 Å². The molecule has 1 N–H and O–H groups in total. The molecule has 0 spiro atoms. The quantitative estimate of drug-likeness (QED) is 0.888. The van der Waals surface area contributed by atoms with Crippen molar-refractivity contribution in [3.63, 3.8) is 0 Å². The highest BCUT2D eigenvalue weighted by Crippen LogP contribution is 2.25. The first-order chi connectivity index (χ1) is 9.63. The minimum Gasteiger partial charge on any atom is -0.497 e. The van der Waals surface area contributed by atoms with Gasteiger partial charge in [0.2, 0.25) is 0 Å². The molecular formula is C15H22BrNO3. The lowest BCUT2D eigenvalue weighted by Crippen LogP contribution is -2.48. The standard InChI is InChI=1S/C15H22BrNO3/c1-3-17-6-7-20-15(10-17)14(18)9-11-8-12(19-2)4-5-13(11)16/h4-5,8,14-15,18H,3,6-7,9-10H2,1-2H3. The lowest BCUT2D eigenvalue weighted by molar-refractivity contribution is -0.0868. The summed E-state index contributed by atoms with van der Waals surface area (Å²) < 4.78 is 11.9. The smallest absolute Gasteiger partial charge is 0.119 e. The Bertz CT molecular complexity index is 441. The number of benzene rings is 1. The summed E-state index contributed by atoms with van der Waals surface area (Å²) in [5.74, 6) is 0.801. The minimum absolute atomic E-state index is 0.123. The average Bonchev–Trinajstić information content (AvgIpc) is 2.49. The van der Waals surface area contributed by atoms with Gasteiger partial charge in [0.1, 0.15) is 5.75 Å². The molecule has 1 aromatic rings. The molecule has 2 unspecified atom stereocenters. The predicted molar refractivity (Wildman–Crippen MR) is 82.3 cm³/mol. The van der Waals surface area contributed by atoms with E-state index in [4.69, 9.17) is 9.47 Å². The maximum absolute atomic E-state index is 10.4. The molecule has 112 valence electrons. The van der Waals surface area contributed by atoms with Crippen molar-refractivity contribution in [1.82, 2.24) is 4.90 Å². The molecular weight excluding hydrogens is 322 g/mol. The summed E-state index contributed by atoms with van der Waals surface area (Å²) in [4.78, 5) is 2.30. The topological polar surface area (TPSA) is 41.9 Å². The van der Waals surface area contributed by atoms with Crippen molar-refractivity contribution in [1.29, 1.82) is 0 Å². The SMILES string of the molecule is CCN1CCOC(C(O)Cc2cc(OC)ccc2Br)C1. The maximum Gasteiger partial charge on any atom is 0.119 e. The molecule has 0 bridgehead atoms. The van der Waals surface area contributed by atoms with Gasteiger partial charge in [-0.25, -0.2) is 0 Å². The van der Waals surface area contributed by atoms with Gasteiger partial charge >= 0.3 is 0 Å². The first-order valence-corrected chi connectivity index (χ1v) is 7.77. The fourth-order valence-electron chi connectivity index (χ4n) is 2.44. The number of methoxy groups -OCH3 is 1. The normalized spacial score (nSPS) is 21.7. The van der Waals surface area contributed by atoms with Crippen LogP contribution in [0.25, 0.3) is 0 Å². The van der Waals surface area contributed by atoms with Gasteiger partial charge in [0.15, 0.2) is 0 Å². The number of morpholine rings is 1. The fourth-order valence-corrected chi connectivity index (χ4v) is 2.85. The van der Waals surface area contributed by atoms with Crippen LogP contribution in [0.15, 0.2) is 22.7 Å². The molecule has 0 radical (unpaired) electrons. The van der Waals surface area contributed by atoms with E-state index in [-0.39, 0.29) is 6.10 Å². The Kier molecular flexibility index (Phi) is 5.84. The van der Waals surface area contributed by atoms with Crippen LogP contribution in [-0.4, -0.2) is 55.6 Å². The number of hydrogen-bond acceptors (Lipinski definition) is 4. The van der Waals surface area contributed by atoms with Crippen LogP contribution in [0.2, 0.25) is 0 Å². The Balaban J connectivity index is 2.01. The molecule has 20 heavy (non-hydrogen) atoms. The molecule has 1 fully saturated rings. The fraction of sp³-hybridized carbons (Fsp3) is 0.600. The molecule has 1 aliphatic heterocycles. The van der Waals surface area contributed by atoms with E-state index >= 15 is 0 Å². The molecule has 0 amide bonds. The summed E-state index contributed by atoms with van der Waals surface area (Å²) in [5, 5.41) is 10.4. The summed E-state index contributed by atoms with van der Waals surface area (Å²) in [7, 11) is 1.65. The lowest BCUT2D eigenvalue weighted by atomic mass is 10.0. The van der Waals surface area contributed by atoms with Crippen LogP contribution in [-0.2, 0) is 11.2 Å². The number of nitrogens with zero attached hydrogens (tertiary/aromatic N) is 1. The zero-order valence-electron chi connectivity index (χ0n) is 12.0. The van der Waals surface area contributed by atoms with Crippen LogP contribution in [0, 0.1) is 0 Å². The number of aliphatic hydroxyl groups excluding tert-OH is 1. The molecule has 1 heterocycles. The monoisotopic (exact) mass is 343 g/mol. The highest BCUT2D eigenvalue weighted by atomic mass is 79.9. The van der Waals surface area contributed by atoms with Crippen LogP contribution in [0.5, 0.6) is 5.75 Å². The van der Waals surface area contributed by atoms with E-state index in [1.165, 1.54) is 0 Å². The maximum atomic E-state index is 10.4. The third kappa shape index (κ3) is 3.95. The van der Waals surface area contributed by atoms with Crippen molar-refractivity contribution in [3.8, 4) is 5.75 Å². The Morgan fingerprint density at radius 2 is 2.35 bits per heavy atom. The third-order valence-corrected chi connectivity index (χ3v) is 4.51. The second kappa shape index (κ2) is 7.41. The predicted octanol–water partition coefficient (Wildman–Crippen LogP) is 2.08. The zero-order valence-corrected chi connectivity index (χ0v) is 13.6. The van der Waals surface area contributed by atoms with Crippen molar-refractivity contribution in [2.24, 2.45) is 0 Å². The number of halogens is 1. The first kappa shape index (κ1) is 15.8. The molecule has 5 heteroatoms. The first-order valence-electron chi connectivity index (χ1n) is 6.98. The Labute approximate surface area is 128 Å². The highest BCUT2D eigenvalue weighted by molar-refractivity contribution is 9.10. The van der Waals surface area contributed by atoms with Crippen LogP contribution in [0.3, 0.4) is 0 Å². The summed E-state index contributed by atoms with van der Waals surface area (Å²) in [5.41, 5.74) is 1.04. The molecule has 0 aromatic heterocycles. The summed E-state index contributed by atoms with van der Waals surface area (Å²) in [6.45, 7) is 5.56. The largest absolute Gasteiger partial charge is 0.497 e. The molecule has 2 rings (SSSR count). The van der Waals surface area contributed by atoms with Gasteiger partial charge in [-0.3, -0.25) is 4.90 Å². The summed E-state index contributed by atoms with van der Waals surface area (Å²) in [6.07, 6.45) is -0.0745. The molecule has 1 saturated heterocycles. The summed E-state index contributed by atoms with van der Waals surface area (Å²) >= 11 is 3.52. The van der Waals surface area contributed by atoms with Crippen molar-refractivity contribution in [2.45, 2.75) is 25.6 Å². The number of ether oxygens (including phenoxy) is 2. The second-order valence-electron chi connectivity index (χ2n) is 5.03. The van der Waals surface area contributed by atoms with Crippen LogP contribution < -0.4 is 4.74 Å². The van der Waals surface area contributed by atoms with Gasteiger partial charge in [-0.15, -0.1) is 0 Å². The number of hydrogen-bond donors (Lipinski definition) is 1. The summed E-state index contributed by atoms with van der Waals surface area (Å²) in [6, 6.07) is 5.80. The molecule has 1 aromatic carbocycles. The highest BCUT2D eigenvalue weighted by Gasteiger charge is 2.26. The Hall–Kier alpha value is -0.620. The van der Waals surface area contributed by atoms with Gasteiger partial charge in [-0.05, 0) is 30.3 Å². The third-order valence-electron chi connectivity index (χ3n) is 3.74. The van der Waals surface area contributed by atoms with Crippen LogP contribution in [0.1, 0.15) is 12.5 Å². The minimum atomic E-state index is -0.507. The van der Waals surface area contributed by atoms with E-state index in [0.29, 0.717) is 13.0 Å². The number of likely N-dealkylation sites (N-methyl/N-ethyl adjacent to an activating group) is 1. The van der Waals surface area contributed by atoms with Gasteiger partial charge < -0.3 is 14.6 Å². The molecule has 4 nitrogen and oxygen atoms in total. The zero-order chi connectivity index (χ0) is 14.5. The molecule has 1 aliphatic rings. The molecule has 0 saturated carbocycles. The van der Waals surface area contributed by atoms with Crippen LogP contribution in [0.4, 0.5) is 0 Å². The van der Waals surface area contributed by atoms with Gasteiger partial charge in [-0.2, -0.15) is 0 Å². The van der Waals surface area contributed by atoms with Crippen molar-refractivity contribution >= 4 is 15.9 Å². The lowest BCUT2D eigenvalue weighted by Gasteiger charge is -2.34. The van der Waals surface area contributed by atoms with Crippen molar-refractivity contribution < 1.29 is 14.6 Å². The van der Waals surface area contributed by atoms with Crippen LogP contribution >= 0.6 is 15.9 Å². The van der Waals surface area contributed by atoms with Gasteiger partial charge in [0.25, 0.3) is 0 Å². The van der Waals surface area contributed by atoms with Gasteiger partial charge in [0.05, 0.1) is 25.9 Å². The van der Waals surface area contributed by atoms with E-state index in [2.05, 4.69) is 27.8 Å². The molecule has 2 atom stereocenters. The van der Waals surface area contributed by atoms with Crippen molar-refractivity contribution in [3.05, 3.63) is 28.2 Å². The van der Waals surface area contributed by atoms with E-state index < -0.39 is 6.10 Å². The van der Waals surface area contributed by atoms with Crippen molar-refractivity contribution in [2.75, 3.05) is 33.4 Å². The van der Waals surface area contributed by atoms with E-state index in [1.807, 2.05) is 18.2 Å². The average molecular weight is 344 g/mol. The Morgan fingerprint density at radius 3 is 3.05 bits per heavy atom. The molecule has 0 aliphatic carbocycles. The van der Waals surface area contributed by atoms with Gasteiger partial charge in [0, 0.05) is 24.0 Å². The Morgan fingerprint density at radius 1 is 1.55 bits per heavy atom. The van der Waals surface area contributed by atoms with E-state index in [9.17, 15) is 5.11 Å².